The van der Waals surface area contributed by atoms with Gasteiger partial charge < -0.3 is 5.32 Å². The van der Waals surface area contributed by atoms with Crippen LogP contribution in [0.15, 0.2) is 61.3 Å². The molecule has 12 heteroatoms. The number of pyridine rings is 1. The van der Waals surface area contributed by atoms with Crippen LogP contribution in [0.4, 0.5) is 17.6 Å². The van der Waals surface area contributed by atoms with Crippen LogP contribution >= 0.6 is 0 Å². The third kappa shape index (κ3) is 4.27. The Labute approximate surface area is 172 Å². The Hall–Kier alpha value is -4.09. The zero-order chi connectivity index (χ0) is 22.0. The number of carbonyl (C=O) groups excluding carboxylic acids is 1. The summed E-state index contributed by atoms with van der Waals surface area (Å²) in [7, 11) is 0. The lowest BCUT2D eigenvalue weighted by Gasteiger charge is -2.11. The second-order valence-corrected chi connectivity index (χ2v) is 6.35. The lowest BCUT2D eigenvalue weighted by Crippen LogP contribution is -2.27. The molecule has 4 rings (SSSR count). The molecule has 31 heavy (non-hydrogen) atoms. The highest BCUT2D eigenvalue weighted by Crippen LogP contribution is 2.32. The molecule has 3 aromatic heterocycles. The number of hydrogen-bond acceptors (Lipinski definition) is 5. The van der Waals surface area contributed by atoms with Crippen molar-refractivity contribution in [2.24, 2.45) is 0 Å². The van der Waals surface area contributed by atoms with E-state index in [1.807, 2.05) is 0 Å². The van der Waals surface area contributed by atoms with Crippen molar-refractivity contribution >= 4 is 5.91 Å². The SMILES string of the molecule is O=C(NCc1ccc(-n2ccnc2)nc1)c1nnn(-c2cccc(F)c2)c1C(F)(F)F. The molecule has 3 heterocycles. The van der Waals surface area contributed by atoms with Crippen LogP contribution < -0.4 is 5.32 Å². The molecule has 0 bridgehead atoms. The van der Waals surface area contributed by atoms with E-state index in [1.54, 1.807) is 35.4 Å². The standard InChI is InChI=1S/C19H13F4N7O/c20-13-2-1-3-14(8-13)30-17(19(21,22)23)16(27-28-30)18(31)26-10-12-4-5-15(25-9-12)29-7-6-24-11-29/h1-9,11H,10H2,(H,26,31). The van der Waals surface area contributed by atoms with Gasteiger partial charge in [0.15, 0.2) is 11.4 Å². The van der Waals surface area contributed by atoms with Gasteiger partial charge in [-0.3, -0.25) is 9.36 Å². The van der Waals surface area contributed by atoms with Crippen molar-refractivity contribution in [3.05, 3.63) is 84.1 Å². The van der Waals surface area contributed by atoms with Crippen LogP contribution in [0, 0.1) is 5.82 Å². The number of alkyl halides is 3. The zero-order valence-electron chi connectivity index (χ0n) is 15.6. The fourth-order valence-electron chi connectivity index (χ4n) is 2.81. The number of nitrogens with zero attached hydrogens (tertiary/aromatic N) is 6. The molecule has 0 fully saturated rings. The summed E-state index contributed by atoms with van der Waals surface area (Å²) < 4.78 is 56.4. The van der Waals surface area contributed by atoms with Crippen LogP contribution in [0.25, 0.3) is 11.5 Å². The molecule has 1 N–H and O–H groups in total. The quantitative estimate of drug-likeness (QED) is 0.491. The Morgan fingerprint density at radius 2 is 2.00 bits per heavy atom. The largest absolute Gasteiger partial charge is 0.435 e. The minimum absolute atomic E-state index is 0.0832. The third-order valence-electron chi connectivity index (χ3n) is 4.24. The van der Waals surface area contributed by atoms with E-state index in [9.17, 15) is 22.4 Å². The fourth-order valence-corrected chi connectivity index (χ4v) is 2.81. The first-order valence-corrected chi connectivity index (χ1v) is 8.83. The van der Waals surface area contributed by atoms with Gasteiger partial charge in [0.2, 0.25) is 0 Å². The van der Waals surface area contributed by atoms with Crippen molar-refractivity contribution < 1.29 is 22.4 Å². The monoisotopic (exact) mass is 431 g/mol. The van der Waals surface area contributed by atoms with E-state index < -0.39 is 29.3 Å². The summed E-state index contributed by atoms with van der Waals surface area (Å²) in [4.78, 5) is 20.5. The van der Waals surface area contributed by atoms with E-state index in [2.05, 4.69) is 25.6 Å². The van der Waals surface area contributed by atoms with Gasteiger partial charge in [-0.25, -0.2) is 19.0 Å². The highest BCUT2D eigenvalue weighted by molar-refractivity contribution is 5.93. The van der Waals surface area contributed by atoms with Gasteiger partial charge in [-0.2, -0.15) is 13.2 Å². The summed E-state index contributed by atoms with van der Waals surface area (Å²) in [6.45, 7) is -0.0832. The van der Waals surface area contributed by atoms with Crippen LogP contribution in [-0.4, -0.2) is 35.4 Å². The molecule has 0 saturated heterocycles. The zero-order valence-corrected chi connectivity index (χ0v) is 15.6. The van der Waals surface area contributed by atoms with Gasteiger partial charge in [0.1, 0.15) is 18.0 Å². The van der Waals surface area contributed by atoms with Gasteiger partial charge in [-0.05, 0) is 29.8 Å². The molecule has 1 amide bonds. The first-order valence-electron chi connectivity index (χ1n) is 8.83. The van der Waals surface area contributed by atoms with Crippen molar-refractivity contribution in [2.75, 3.05) is 0 Å². The van der Waals surface area contributed by atoms with Crippen LogP contribution in [0.3, 0.4) is 0 Å². The summed E-state index contributed by atoms with van der Waals surface area (Å²) in [5.74, 6) is -1.24. The average Bonchev–Trinajstić information content (AvgIpc) is 3.42. The fraction of sp³-hybridized carbons (Fsp3) is 0.105. The van der Waals surface area contributed by atoms with Crippen molar-refractivity contribution in [3.63, 3.8) is 0 Å². The van der Waals surface area contributed by atoms with Crippen LogP contribution in [0.2, 0.25) is 0 Å². The number of nitrogens with one attached hydrogen (secondary N) is 1. The molecule has 8 nitrogen and oxygen atoms in total. The summed E-state index contributed by atoms with van der Waals surface area (Å²) >= 11 is 0. The maximum atomic E-state index is 13.6. The summed E-state index contributed by atoms with van der Waals surface area (Å²) in [5.41, 5.74) is -1.97. The number of aromatic nitrogens is 6. The second kappa shape index (κ2) is 7.97. The van der Waals surface area contributed by atoms with Crippen LogP contribution in [0.5, 0.6) is 0 Å². The molecule has 0 saturated carbocycles. The highest BCUT2D eigenvalue weighted by atomic mass is 19.4. The third-order valence-corrected chi connectivity index (χ3v) is 4.24. The lowest BCUT2D eigenvalue weighted by molar-refractivity contribution is -0.143. The number of amides is 1. The molecular formula is C19H13F4N7O. The minimum atomic E-state index is -4.95. The Bertz CT molecular complexity index is 1200. The Morgan fingerprint density at radius 1 is 1.16 bits per heavy atom. The first-order chi connectivity index (χ1) is 14.8. The smallest absolute Gasteiger partial charge is 0.346 e. The Morgan fingerprint density at radius 3 is 2.65 bits per heavy atom. The average molecular weight is 431 g/mol. The Kier molecular flexibility index (Phi) is 5.19. The number of imidazole rings is 1. The summed E-state index contributed by atoms with van der Waals surface area (Å²) in [6, 6.07) is 7.73. The Balaban J connectivity index is 1.54. The number of carbonyl (C=O) groups is 1. The topological polar surface area (TPSA) is 90.5 Å². The number of rotatable bonds is 5. The molecule has 0 aliphatic rings. The minimum Gasteiger partial charge on any atom is -0.346 e. The van der Waals surface area contributed by atoms with Gasteiger partial charge in [0.05, 0.1) is 5.69 Å². The van der Waals surface area contributed by atoms with E-state index in [-0.39, 0.29) is 12.2 Å². The molecule has 158 valence electrons. The molecule has 0 unspecified atom stereocenters. The molecule has 0 aliphatic carbocycles. The van der Waals surface area contributed by atoms with Crippen molar-refractivity contribution in [3.8, 4) is 11.5 Å². The number of halogens is 4. The molecule has 4 aromatic rings. The molecule has 0 aliphatic heterocycles. The molecule has 1 aromatic carbocycles. The van der Waals surface area contributed by atoms with E-state index in [0.29, 0.717) is 16.1 Å². The van der Waals surface area contributed by atoms with Crippen LogP contribution in [0.1, 0.15) is 21.7 Å². The van der Waals surface area contributed by atoms with Crippen molar-refractivity contribution in [1.29, 1.82) is 0 Å². The van der Waals surface area contributed by atoms with Crippen molar-refractivity contribution in [1.82, 2.24) is 34.8 Å². The van der Waals surface area contributed by atoms with E-state index >= 15 is 0 Å². The number of hydrogen-bond donors (Lipinski definition) is 1. The summed E-state index contributed by atoms with van der Waals surface area (Å²) in [6.07, 6.45) is 1.38. The maximum Gasteiger partial charge on any atom is 0.435 e. The van der Waals surface area contributed by atoms with E-state index in [0.717, 1.165) is 12.1 Å². The lowest BCUT2D eigenvalue weighted by atomic mass is 10.2. The van der Waals surface area contributed by atoms with Crippen LogP contribution in [-0.2, 0) is 12.7 Å². The van der Waals surface area contributed by atoms with Gasteiger partial charge in [-0.15, -0.1) is 5.10 Å². The van der Waals surface area contributed by atoms with Gasteiger partial charge in [-0.1, -0.05) is 17.3 Å². The molecule has 0 atom stereocenters. The highest BCUT2D eigenvalue weighted by Gasteiger charge is 2.42. The maximum absolute atomic E-state index is 13.6. The molecule has 0 spiro atoms. The van der Waals surface area contributed by atoms with Gasteiger partial charge >= 0.3 is 6.18 Å². The molecule has 0 radical (unpaired) electrons. The number of benzene rings is 1. The predicted molar refractivity (Wildman–Crippen MR) is 98.8 cm³/mol. The first kappa shape index (κ1) is 20.2. The van der Waals surface area contributed by atoms with E-state index in [4.69, 9.17) is 0 Å². The van der Waals surface area contributed by atoms with Gasteiger partial charge in [0.25, 0.3) is 5.91 Å². The van der Waals surface area contributed by atoms with Gasteiger partial charge in [0, 0.05) is 25.1 Å². The van der Waals surface area contributed by atoms with Crippen molar-refractivity contribution in [2.45, 2.75) is 12.7 Å². The normalized spacial score (nSPS) is 11.5. The predicted octanol–water partition coefficient (Wildman–Crippen LogP) is 2.94. The van der Waals surface area contributed by atoms with E-state index in [1.165, 1.54) is 18.3 Å². The second-order valence-electron chi connectivity index (χ2n) is 6.35. The summed E-state index contributed by atoms with van der Waals surface area (Å²) in [5, 5.41) is 9.16. The molecular weight excluding hydrogens is 418 g/mol.